The molecule has 1 aromatic carbocycles. The van der Waals surface area contributed by atoms with Crippen molar-refractivity contribution >= 4 is 27.5 Å². The molecular formula is C12H14BrNO. The zero-order chi connectivity index (χ0) is 11.2. The van der Waals surface area contributed by atoms with E-state index in [1.165, 1.54) is 0 Å². The summed E-state index contributed by atoms with van der Waals surface area (Å²) in [7, 11) is 0. The van der Waals surface area contributed by atoms with Crippen molar-refractivity contribution in [3.63, 3.8) is 0 Å². The first kappa shape index (κ1) is 10.7. The minimum absolute atomic E-state index is 0.193. The van der Waals surface area contributed by atoms with Gasteiger partial charge < -0.3 is 4.90 Å². The Hall–Kier alpha value is -0.830. The molecule has 0 bridgehead atoms. The number of benzene rings is 1. The highest BCUT2D eigenvalue weighted by molar-refractivity contribution is 9.10. The van der Waals surface area contributed by atoms with Gasteiger partial charge in [0.15, 0.2) is 0 Å². The van der Waals surface area contributed by atoms with E-state index < -0.39 is 5.41 Å². The predicted molar refractivity (Wildman–Crippen MR) is 65.2 cm³/mol. The van der Waals surface area contributed by atoms with Crippen LogP contribution in [0.15, 0.2) is 22.7 Å². The standard InChI is InChI=1S/C12H14BrNO/c1-4-14-10-6-5-8(13)7-9(10)12(2,3)11(14)15/h5-7H,4H2,1-3H3. The molecule has 1 heterocycles. The Balaban J connectivity index is 2.65. The largest absolute Gasteiger partial charge is 0.312 e. The Bertz CT molecular complexity index is 426. The maximum absolute atomic E-state index is 12.1. The molecule has 0 saturated carbocycles. The summed E-state index contributed by atoms with van der Waals surface area (Å²) in [6.07, 6.45) is 0. The van der Waals surface area contributed by atoms with E-state index in [1.54, 1.807) is 0 Å². The summed E-state index contributed by atoms with van der Waals surface area (Å²) >= 11 is 3.45. The van der Waals surface area contributed by atoms with E-state index in [9.17, 15) is 4.79 Å². The minimum Gasteiger partial charge on any atom is -0.312 e. The first-order chi connectivity index (χ1) is 6.98. The molecule has 0 aromatic heterocycles. The van der Waals surface area contributed by atoms with Crippen molar-refractivity contribution < 1.29 is 4.79 Å². The lowest BCUT2D eigenvalue weighted by Gasteiger charge is -2.18. The highest BCUT2D eigenvalue weighted by Crippen LogP contribution is 2.42. The number of likely N-dealkylation sites (N-methyl/N-ethyl adjacent to an activating group) is 1. The Kier molecular flexibility index (Phi) is 2.38. The van der Waals surface area contributed by atoms with Crippen molar-refractivity contribution in [2.45, 2.75) is 26.2 Å². The highest BCUT2D eigenvalue weighted by Gasteiger charge is 2.42. The summed E-state index contributed by atoms with van der Waals surface area (Å²) < 4.78 is 1.03. The van der Waals surface area contributed by atoms with Crippen LogP contribution in [-0.4, -0.2) is 12.5 Å². The van der Waals surface area contributed by atoms with Gasteiger partial charge in [0, 0.05) is 16.7 Å². The van der Waals surface area contributed by atoms with Gasteiger partial charge in [-0.15, -0.1) is 0 Å². The van der Waals surface area contributed by atoms with Gasteiger partial charge in [0.05, 0.1) is 5.41 Å². The van der Waals surface area contributed by atoms with E-state index in [0.717, 1.165) is 22.3 Å². The monoisotopic (exact) mass is 267 g/mol. The summed E-state index contributed by atoms with van der Waals surface area (Å²) in [5, 5.41) is 0. The van der Waals surface area contributed by atoms with Gasteiger partial charge in [-0.05, 0) is 44.5 Å². The van der Waals surface area contributed by atoms with Crippen molar-refractivity contribution in [3.8, 4) is 0 Å². The van der Waals surface area contributed by atoms with Gasteiger partial charge in [0.1, 0.15) is 0 Å². The van der Waals surface area contributed by atoms with E-state index in [0.29, 0.717) is 0 Å². The third-order valence-electron chi connectivity index (χ3n) is 3.02. The molecule has 2 nitrogen and oxygen atoms in total. The van der Waals surface area contributed by atoms with Crippen LogP contribution in [0.4, 0.5) is 5.69 Å². The van der Waals surface area contributed by atoms with Crippen molar-refractivity contribution in [2.75, 3.05) is 11.4 Å². The number of halogens is 1. The van der Waals surface area contributed by atoms with E-state index >= 15 is 0 Å². The highest BCUT2D eigenvalue weighted by atomic mass is 79.9. The third-order valence-corrected chi connectivity index (χ3v) is 3.51. The second-order valence-corrected chi connectivity index (χ2v) is 5.25. The van der Waals surface area contributed by atoms with Crippen molar-refractivity contribution in [1.29, 1.82) is 0 Å². The smallest absolute Gasteiger partial charge is 0.237 e. The fraction of sp³-hybridized carbons (Fsp3) is 0.417. The molecule has 80 valence electrons. The second kappa shape index (κ2) is 3.34. The number of carbonyl (C=O) groups excluding carboxylic acids is 1. The topological polar surface area (TPSA) is 20.3 Å². The zero-order valence-electron chi connectivity index (χ0n) is 9.17. The molecule has 2 rings (SSSR count). The number of hydrogen-bond donors (Lipinski definition) is 0. The molecule has 1 aromatic rings. The fourth-order valence-corrected chi connectivity index (χ4v) is 2.48. The molecule has 1 amide bonds. The number of carbonyl (C=O) groups is 1. The van der Waals surface area contributed by atoms with E-state index in [-0.39, 0.29) is 5.91 Å². The second-order valence-electron chi connectivity index (χ2n) is 4.34. The number of rotatable bonds is 1. The molecule has 0 aliphatic carbocycles. The first-order valence-corrected chi connectivity index (χ1v) is 5.89. The fourth-order valence-electron chi connectivity index (χ4n) is 2.12. The lowest BCUT2D eigenvalue weighted by Crippen LogP contribution is -2.35. The lowest BCUT2D eigenvalue weighted by atomic mass is 9.86. The molecule has 1 aliphatic heterocycles. The Labute approximate surface area is 98.4 Å². The number of hydrogen-bond acceptors (Lipinski definition) is 1. The number of fused-ring (bicyclic) bond motifs is 1. The molecule has 0 fully saturated rings. The van der Waals surface area contributed by atoms with E-state index in [2.05, 4.69) is 15.9 Å². The van der Waals surface area contributed by atoms with E-state index in [1.807, 2.05) is 43.9 Å². The van der Waals surface area contributed by atoms with Gasteiger partial charge in [0.2, 0.25) is 5.91 Å². The molecule has 15 heavy (non-hydrogen) atoms. The van der Waals surface area contributed by atoms with Gasteiger partial charge in [-0.25, -0.2) is 0 Å². The van der Waals surface area contributed by atoms with Crippen LogP contribution in [0.3, 0.4) is 0 Å². The molecule has 1 aliphatic rings. The molecule has 0 N–H and O–H groups in total. The molecule has 0 spiro atoms. The summed E-state index contributed by atoms with van der Waals surface area (Å²) in [6, 6.07) is 6.04. The van der Waals surface area contributed by atoms with Crippen LogP contribution in [0.5, 0.6) is 0 Å². The maximum atomic E-state index is 12.1. The quantitative estimate of drug-likeness (QED) is 0.766. The van der Waals surface area contributed by atoms with Crippen molar-refractivity contribution in [3.05, 3.63) is 28.2 Å². The minimum atomic E-state index is -0.394. The predicted octanol–water partition coefficient (Wildman–Crippen LogP) is 3.09. The van der Waals surface area contributed by atoms with Crippen LogP contribution in [0.25, 0.3) is 0 Å². The number of anilines is 1. The summed E-state index contributed by atoms with van der Waals surface area (Å²) in [5.74, 6) is 0.193. The molecule has 0 radical (unpaired) electrons. The van der Waals surface area contributed by atoms with Gasteiger partial charge in [-0.3, -0.25) is 4.79 Å². The SMILES string of the molecule is CCN1C(=O)C(C)(C)c2cc(Br)ccc21. The van der Waals surface area contributed by atoms with Crippen LogP contribution in [-0.2, 0) is 10.2 Å². The maximum Gasteiger partial charge on any atom is 0.237 e. The molecule has 0 unspecified atom stereocenters. The Morgan fingerprint density at radius 2 is 2.07 bits per heavy atom. The normalized spacial score (nSPS) is 18.1. The van der Waals surface area contributed by atoms with Crippen LogP contribution in [0.1, 0.15) is 26.3 Å². The van der Waals surface area contributed by atoms with Crippen LogP contribution in [0.2, 0.25) is 0 Å². The third kappa shape index (κ3) is 1.41. The lowest BCUT2D eigenvalue weighted by molar-refractivity contribution is -0.122. The Morgan fingerprint density at radius 1 is 1.40 bits per heavy atom. The molecular weight excluding hydrogens is 254 g/mol. The number of nitrogens with zero attached hydrogens (tertiary/aromatic N) is 1. The summed E-state index contributed by atoms with van der Waals surface area (Å²) in [5.41, 5.74) is 1.77. The van der Waals surface area contributed by atoms with Crippen LogP contribution >= 0.6 is 15.9 Å². The summed E-state index contributed by atoms with van der Waals surface area (Å²) in [4.78, 5) is 14.0. The van der Waals surface area contributed by atoms with Crippen molar-refractivity contribution in [1.82, 2.24) is 0 Å². The first-order valence-electron chi connectivity index (χ1n) is 5.10. The molecule has 3 heteroatoms. The zero-order valence-corrected chi connectivity index (χ0v) is 10.8. The van der Waals surface area contributed by atoms with Crippen LogP contribution in [0, 0.1) is 0 Å². The average Bonchev–Trinajstić information content (AvgIpc) is 2.37. The molecule has 0 saturated heterocycles. The number of amides is 1. The van der Waals surface area contributed by atoms with E-state index in [4.69, 9.17) is 0 Å². The molecule has 0 atom stereocenters. The average molecular weight is 268 g/mol. The van der Waals surface area contributed by atoms with Gasteiger partial charge in [-0.1, -0.05) is 15.9 Å². The van der Waals surface area contributed by atoms with Gasteiger partial charge >= 0.3 is 0 Å². The van der Waals surface area contributed by atoms with Crippen molar-refractivity contribution in [2.24, 2.45) is 0 Å². The van der Waals surface area contributed by atoms with Gasteiger partial charge in [-0.2, -0.15) is 0 Å². The summed E-state index contributed by atoms with van der Waals surface area (Å²) in [6.45, 7) is 6.70. The Morgan fingerprint density at radius 3 is 2.67 bits per heavy atom. The van der Waals surface area contributed by atoms with Gasteiger partial charge in [0.25, 0.3) is 0 Å². The van der Waals surface area contributed by atoms with Crippen LogP contribution < -0.4 is 4.90 Å².